The Bertz CT molecular complexity index is 1640. The summed E-state index contributed by atoms with van der Waals surface area (Å²) in [6, 6.07) is 17.0. The molecule has 0 aliphatic rings. The number of phenols is 1. The van der Waals surface area contributed by atoms with E-state index < -0.39 is 11.9 Å². The normalized spacial score (nSPS) is 11.5. The second-order valence-corrected chi connectivity index (χ2v) is 9.85. The summed E-state index contributed by atoms with van der Waals surface area (Å²) in [6.07, 6.45) is -4.82. The zero-order valence-electron chi connectivity index (χ0n) is 20.8. The maximum absolute atomic E-state index is 14.4. The van der Waals surface area contributed by atoms with Gasteiger partial charge in [0.25, 0.3) is 0 Å². The minimum atomic E-state index is -4.82. The Morgan fingerprint density at radius 1 is 0.923 bits per heavy atom. The lowest BCUT2D eigenvalue weighted by Gasteiger charge is -2.18. The van der Waals surface area contributed by atoms with Gasteiger partial charge in [-0.15, -0.1) is 11.3 Å². The van der Waals surface area contributed by atoms with E-state index in [0.717, 1.165) is 0 Å². The van der Waals surface area contributed by atoms with E-state index in [1.54, 1.807) is 56.3 Å². The van der Waals surface area contributed by atoms with Crippen molar-refractivity contribution in [2.45, 2.75) is 26.6 Å². The highest BCUT2D eigenvalue weighted by Crippen LogP contribution is 2.45. The lowest BCUT2D eigenvalue weighted by atomic mass is 9.98. The van der Waals surface area contributed by atoms with Gasteiger partial charge in [0.05, 0.1) is 22.0 Å². The van der Waals surface area contributed by atoms with Crippen molar-refractivity contribution in [3.8, 4) is 45.4 Å². The molecule has 198 valence electrons. The van der Waals surface area contributed by atoms with Crippen molar-refractivity contribution in [1.82, 2.24) is 15.0 Å². The fourth-order valence-corrected chi connectivity index (χ4v) is 4.67. The van der Waals surface area contributed by atoms with Crippen LogP contribution in [0, 0.1) is 19.7 Å². The first-order valence-electron chi connectivity index (χ1n) is 11.8. The van der Waals surface area contributed by atoms with Crippen LogP contribution >= 0.6 is 11.3 Å². The van der Waals surface area contributed by atoms with E-state index in [2.05, 4.69) is 15.0 Å². The molecule has 3 aromatic carbocycles. The number of aromatic nitrogens is 3. The van der Waals surface area contributed by atoms with Gasteiger partial charge in [-0.3, -0.25) is 0 Å². The fourth-order valence-electron chi connectivity index (χ4n) is 4.06. The smallest absolute Gasteiger partial charge is 0.434 e. The van der Waals surface area contributed by atoms with Crippen LogP contribution in [0.4, 0.5) is 17.6 Å². The van der Waals surface area contributed by atoms with Crippen molar-refractivity contribution in [3.63, 3.8) is 0 Å². The molecule has 0 aliphatic heterocycles. The van der Waals surface area contributed by atoms with Crippen molar-refractivity contribution in [3.05, 3.63) is 99.8 Å². The molecule has 5 nitrogen and oxygen atoms in total. The molecule has 0 saturated heterocycles. The summed E-state index contributed by atoms with van der Waals surface area (Å²) < 4.78 is 62.4. The lowest BCUT2D eigenvalue weighted by molar-refractivity contribution is -0.140. The van der Waals surface area contributed by atoms with Crippen LogP contribution in [-0.4, -0.2) is 20.1 Å². The maximum Gasteiger partial charge on any atom is 0.434 e. The van der Waals surface area contributed by atoms with Gasteiger partial charge in [0.1, 0.15) is 23.9 Å². The first-order chi connectivity index (χ1) is 18.6. The molecule has 0 unspecified atom stereocenters. The monoisotopic (exact) mass is 551 g/mol. The summed E-state index contributed by atoms with van der Waals surface area (Å²) in [5, 5.41) is 13.1. The molecule has 39 heavy (non-hydrogen) atoms. The molecule has 0 aliphatic carbocycles. The molecule has 0 saturated carbocycles. The van der Waals surface area contributed by atoms with E-state index in [4.69, 9.17) is 4.74 Å². The molecule has 2 heterocycles. The number of ether oxygens (including phenoxy) is 1. The van der Waals surface area contributed by atoms with Crippen LogP contribution < -0.4 is 4.74 Å². The predicted molar refractivity (Wildman–Crippen MR) is 141 cm³/mol. The third kappa shape index (κ3) is 5.61. The Morgan fingerprint density at radius 3 is 2.28 bits per heavy atom. The van der Waals surface area contributed by atoms with Gasteiger partial charge in [-0.2, -0.15) is 13.2 Å². The average molecular weight is 552 g/mol. The van der Waals surface area contributed by atoms with Gasteiger partial charge >= 0.3 is 6.18 Å². The molecule has 2 aromatic heterocycles. The number of aromatic hydroxyl groups is 1. The van der Waals surface area contributed by atoms with Gasteiger partial charge in [-0.05, 0) is 43.2 Å². The van der Waals surface area contributed by atoms with E-state index in [9.17, 15) is 22.7 Å². The van der Waals surface area contributed by atoms with E-state index >= 15 is 0 Å². The third-order valence-electron chi connectivity index (χ3n) is 5.94. The van der Waals surface area contributed by atoms with Crippen molar-refractivity contribution in [2.24, 2.45) is 0 Å². The summed E-state index contributed by atoms with van der Waals surface area (Å²) in [5.41, 5.74) is 0.220. The highest BCUT2D eigenvalue weighted by molar-refractivity contribution is 7.09. The molecular formula is C29H21F4N3O2S. The van der Waals surface area contributed by atoms with Gasteiger partial charge in [0.15, 0.2) is 11.5 Å². The summed E-state index contributed by atoms with van der Waals surface area (Å²) in [6.45, 7) is 3.50. The average Bonchev–Trinajstić information content (AvgIpc) is 3.35. The highest BCUT2D eigenvalue weighted by atomic mass is 32.1. The van der Waals surface area contributed by atoms with Crippen molar-refractivity contribution >= 4 is 11.3 Å². The molecule has 0 amide bonds. The Balaban J connectivity index is 1.67. The number of thiazole rings is 1. The largest absolute Gasteiger partial charge is 0.507 e. The van der Waals surface area contributed by atoms with Crippen LogP contribution in [0.2, 0.25) is 0 Å². The molecule has 1 N–H and O–H groups in total. The Morgan fingerprint density at radius 2 is 1.64 bits per heavy atom. The van der Waals surface area contributed by atoms with E-state index in [-0.39, 0.29) is 46.5 Å². The summed E-state index contributed by atoms with van der Waals surface area (Å²) in [4.78, 5) is 12.7. The summed E-state index contributed by atoms with van der Waals surface area (Å²) >= 11 is 1.20. The molecule has 10 heteroatoms. The summed E-state index contributed by atoms with van der Waals surface area (Å²) in [5.74, 6) is -0.517. The standard InChI is InChI=1S/C29H21F4N3O2S/c1-16-12-21(23(37)13-24(16)38-14-18-8-10-20(30)11-9-18)26-25(22-15-39-17(2)34-22)27(29(31,32)33)36-28(35-26)19-6-4-3-5-7-19/h3-13,15,37H,14H2,1-2H3. The molecule has 0 atom stereocenters. The van der Waals surface area contributed by atoms with Crippen LogP contribution in [0.15, 0.2) is 72.1 Å². The number of alkyl halides is 3. The number of halogens is 4. The summed E-state index contributed by atoms with van der Waals surface area (Å²) in [7, 11) is 0. The molecule has 0 fully saturated rings. The maximum atomic E-state index is 14.4. The van der Waals surface area contributed by atoms with Crippen LogP contribution in [0.1, 0.15) is 21.8 Å². The first-order valence-corrected chi connectivity index (χ1v) is 12.7. The number of nitrogens with zero attached hydrogens (tertiary/aromatic N) is 3. The predicted octanol–water partition coefficient (Wildman–Crippen LogP) is 7.99. The molecule has 0 bridgehead atoms. The number of phenolic OH excluding ortho intramolecular Hbond substituents is 1. The SMILES string of the molecule is Cc1nc(-c2c(-c3cc(C)c(OCc4ccc(F)cc4)cc3O)nc(-c3ccccc3)nc2C(F)(F)F)cs1. The van der Waals surface area contributed by atoms with Crippen molar-refractivity contribution < 1.29 is 27.4 Å². The Hall–Kier alpha value is -4.31. The molecule has 0 radical (unpaired) electrons. The number of aryl methyl sites for hydroxylation is 2. The van der Waals surface area contributed by atoms with Crippen LogP contribution in [0.5, 0.6) is 11.5 Å². The van der Waals surface area contributed by atoms with Gasteiger partial charge in [-0.25, -0.2) is 19.3 Å². The molecule has 0 spiro atoms. The molecular weight excluding hydrogens is 530 g/mol. The zero-order valence-corrected chi connectivity index (χ0v) is 21.6. The Kier molecular flexibility index (Phi) is 7.05. The zero-order chi connectivity index (χ0) is 27.7. The number of hydrogen-bond acceptors (Lipinski definition) is 6. The third-order valence-corrected chi connectivity index (χ3v) is 6.71. The number of rotatable bonds is 6. The topological polar surface area (TPSA) is 68.1 Å². The van der Waals surface area contributed by atoms with Crippen LogP contribution in [-0.2, 0) is 12.8 Å². The van der Waals surface area contributed by atoms with E-state index in [0.29, 0.717) is 27.4 Å². The quantitative estimate of drug-likeness (QED) is 0.217. The van der Waals surface area contributed by atoms with Crippen molar-refractivity contribution in [2.75, 3.05) is 0 Å². The lowest BCUT2D eigenvalue weighted by Crippen LogP contribution is -2.14. The van der Waals surface area contributed by atoms with Crippen LogP contribution in [0.3, 0.4) is 0 Å². The highest BCUT2D eigenvalue weighted by Gasteiger charge is 2.39. The van der Waals surface area contributed by atoms with Crippen molar-refractivity contribution in [1.29, 1.82) is 0 Å². The van der Waals surface area contributed by atoms with Gasteiger partial charge in [-0.1, -0.05) is 42.5 Å². The second-order valence-electron chi connectivity index (χ2n) is 8.78. The van der Waals surface area contributed by atoms with Gasteiger partial charge < -0.3 is 9.84 Å². The minimum Gasteiger partial charge on any atom is -0.507 e. The second kappa shape index (κ2) is 10.5. The molecule has 5 rings (SSSR count). The fraction of sp³-hybridized carbons (Fsp3) is 0.138. The Labute approximate surface area is 225 Å². The number of hydrogen-bond donors (Lipinski definition) is 1. The van der Waals surface area contributed by atoms with E-state index in [1.807, 2.05) is 0 Å². The van der Waals surface area contributed by atoms with Gasteiger partial charge in [0.2, 0.25) is 0 Å². The first kappa shape index (κ1) is 26.3. The number of benzene rings is 3. The minimum absolute atomic E-state index is 0.0631. The van der Waals surface area contributed by atoms with Gasteiger partial charge in [0, 0.05) is 22.6 Å². The van der Waals surface area contributed by atoms with E-state index in [1.165, 1.54) is 41.0 Å². The van der Waals surface area contributed by atoms with Crippen LogP contribution in [0.25, 0.3) is 33.9 Å². The molecule has 5 aromatic rings.